The van der Waals surface area contributed by atoms with Crippen LogP contribution in [0.4, 0.5) is 5.69 Å². The first kappa shape index (κ1) is 13.4. The zero-order valence-corrected chi connectivity index (χ0v) is 10.4. The van der Waals surface area contributed by atoms with Crippen LogP contribution >= 0.6 is 23.4 Å². The summed E-state index contributed by atoms with van der Waals surface area (Å²) >= 11 is 7.45. The van der Waals surface area contributed by atoms with E-state index in [1.54, 1.807) is 23.9 Å². The minimum Gasteiger partial charge on any atom is -0.396 e. The predicted octanol–water partition coefficient (Wildman–Crippen LogP) is 2.39. The Bertz CT molecular complexity index is 347. The summed E-state index contributed by atoms with van der Waals surface area (Å²) in [5.41, 5.74) is 0.640. The van der Waals surface area contributed by atoms with Crippen LogP contribution in [-0.2, 0) is 4.79 Å². The molecule has 0 aromatic heterocycles. The molecule has 0 fully saturated rings. The van der Waals surface area contributed by atoms with Crippen LogP contribution in [0, 0.1) is 0 Å². The summed E-state index contributed by atoms with van der Waals surface area (Å²) in [5.74, 6) is 1.31. The van der Waals surface area contributed by atoms with Crippen LogP contribution in [0.2, 0.25) is 5.02 Å². The fourth-order valence-corrected chi connectivity index (χ4v) is 1.95. The fourth-order valence-electron chi connectivity index (χ4n) is 1.11. The summed E-state index contributed by atoms with van der Waals surface area (Å²) < 4.78 is 0. The Morgan fingerprint density at radius 3 is 2.81 bits per heavy atom. The third-order valence-electron chi connectivity index (χ3n) is 1.86. The lowest BCUT2D eigenvalue weighted by atomic mass is 10.3. The maximum Gasteiger partial charge on any atom is 0.225 e. The maximum atomic E-state index is 11.5. The molecule has 0 atom stereocenters. The van der Waals surface area contributed by atoms with Gasteiger partial charge in [0.25, 0.3) is 0 Å². The second-order valence-electron chi connectivity index (χ2n) is 3.11. The van der Waals surface area contributed by atoms with Crippen molar-refractivity contribution in [3.05, 3.63) is 29.3 Å². The number of carbonyl (C=O) groups is 1. The van der Waals surface area contributed by atoms with Gasteiger partial charge in [0.05, 0.1) is 17.3 Å². The van der Waals surface area contributed by atoms with Crippen LogP contribution in [0.1, 0.15) is 6.42 Å². The number of amides is 1. The van der Waals surface area contributed by atoms with Crippen LogP contribution in [0.15, 0.2) is 24.3 Å². The van der Waals surface area contributed by atoms with Crippen molar-refractivity contribution in [2.24, 2.45) is 0 Å². The van der Waals surface area contributed by atoms with Crippen LogP contribution in [0.3, 0.4) is 0 Å². The van der Waals surface area contributed by atoms with Gasteiger partial charge >= 0.3 is 0 Å². The van der Waals surface area contributed by atoms with Gasteiger partial charge in [-0.1, -0.05) is 23.7 Å². The van der Waals surface area contributed by atoms with E-state index < -0.39 is 0 Å². The largest absolute Gasteiger partial charge is 0.396 e. The number of para-hydroxylation sites is 1. The van der Waals surface area contributed by atoms with Gasteiger partial charge in [-0.15, -0.1) is 0 Å². The van der Waals surface area contributed by atoms with E-state index in [1.165, 1.54) is 0 Å². The lowest BCUT2D eigenvalue weighted by molar-refractivity contribution is -0.115. The zero-order valence-electron chi connectivity index (χ0n) is 8.78. The third kappa shape index (κ3) is 4.88. The number of hydrogen-bond donors (Lipinski definition) is 2. The first-order valence-electron chi connectivity index (χ1n) is 4.97. The Morgan fingerprint density at radius 1 is 1.38 bits per heavy atom. The summed E-state index contributed by atoms with van der Waals surface area (Å²) in [6.45, 7) is 0.150. The quantitative estimate of drug-likeness (QED) is 0.772. The molecule has 2 N–H and O–H groups in total. The molecule has 1 aromatic carbocycles. The fraction of sp³-hybridized carbons (Fsp3) is 0.364. The van der Waals surface area contributed by atoms with Crippen molar-refractivity contribution >= 4 is 35.0 Å². The topological polar surface area (TPSA) is 49.3 Å². The summed E-state index contributed by atoms with van der Waals surface area (Å²) in [5, 5.41) is 11.8. The Labute approximate surface area is 104 Å². The molecule has 1 aromatic rings. The van der Waals surface area contributed by atoms with Crippen molar-refractivity contribution in [2.45, 2.75) is 6.42 Å². The number of hydrogen-bond acceptors (Lipinski definition) is 3. The molecule has 0 aliphatic rings. The molecule has 0 saturated heterocycles. The smallest absolute Gasteiger partial charge is 0.225 e. The lowest BCUT2D eigenvalue weighted by Gasteiger charge is -2.06. The highest BCUT2D eigenvalue weighted by molar-refractivity contribution is 7.99. The van der Waals surface area contributed by atoms with E-state index in [-0.39, 0.29) is 12.5 Å². The van der Waals surface area contributed by atoms with Crippen molar-refractivity contribution in [3.63, 3.8) is 0 Å². The number of rotatable bonds is 6. The number of aliphatic hydroxyl groups is 1. The number of halogens is 1. The Hall–Kier alpha value is -0.710. The molecule has 0 aliphatic heterocycles. The van der Waals surface area contributed by atoms with Gasteiger partial charge in [0.15, 0.2) is 0 Å². The average Bonchev–Trinajstić information content (AvgIpc) is 2.28. The summed E-state index contributed by atoms with van der Waals surface area (Å²) in [7, 11) is 0. The number of thioether (sulfide) groups is 1. The molecule has 0 bridgehead atoms. The standard InChI is InChI=1S/C11H14ClNO2S/c12-9-3-1-2-4-10(9)13-11(15)5-7-16-8-6-14/h1-4,14H,5-8H2,(H,13,15). The highest BCUT2D eigenvalue weighted by Gasteiger charge is 2.04. The number of aliphatic hydroxyl groups excluding tert-OH is 1. The molecule has 88 valence electrons. The van der Waals surface area contributed by atoms with Gasteiger partial charge in [0.1, 0.15) is 0 Å². The number of carbonyl (C=O) groups excluding carboxylic acids is 1. The minimum absolute atomic E-state index is 0.0569. The third-order valence-corrected chi connectivity index (χ3v) is 3.15. The molecule has 0 spiro atoms. The molecule has 0 saturated carbocycles. The van der Waals surface area contributed by atoms with Crippen molar-refractivity contribution in [1.29, 1.82) is 0 Å². The molecule has 1 amide bonds. The highest BCUT2D eigenvalue weighted by atomic mass is 35.5. The van der Waals surface area contributed by atoms with Gasteiger partial charge in [0, 0.05) is 17.9 Å². The molecular formula is C11H14ClNO2S. The Morgan fingerprint density at radius 2 is 2.12 bits per heavy atom. The predicted molar refractivity (Wildman–Crippen MR) is 69.1 cm³/mol. The van der Waals surface area contributed by atoms with Gasteiger partial charge < -0.3 is 10.4 Å². The SMILES string of the molecule is O=C(CCSCCO)Nc1ccccc1Cl. The van der Waals surface area contributed by atoms with E-state index in [9.17, 15) is 4.79 Å². The number of nitrogens with one attached hydrogen (secondary N) is 1. The monoisotopic (exact) mass is 259 g/mol. The Balaban J connectivity index is 2.32. The van der Waals surface area contributed by atoms with Crippen LogP contribution in [0.25, 0.3) is 0 Å². The van der Waals surface area contributed by atoms with E-state index in [0.29, 0.717) is 28.6 Å². The first-order valence-corrected chi connectivity index (χ1v) is 6.50. The lowest BCUT2D eigenvalue weighted by Crippen LogP contribution is -2.12. The van der Waals surface area contributed by atoms with E-state index >= 15 is 0 Å². The summed E-state index contributed by atoms with van der Waals surface area (Å²) in [6, 6.07) is 7.13. The second kappa shape index (κ2) is 7.54. The molecule has 0 aliphatic carbocycles. The molecule has 0 heterocycles. The average molecular weight is 260 g/mol. The van der Waals surface area contributed by atoms with Crippen molar-refractivity contribution in [2.75, 3.05) is 23.4 Å². The van der Waals surface area contributed by atoms with Gasteiger partial charge in [0.2, 0.25) is 5.91 Å². The van der Waals surface area contributed by atoms with Crippen molar-refractivity contribution in [1.82, 2.24) is 0 Å². The van der Waals surface area contributed by atoms with Crippen molar-refractivity contribution in [3.8, 4) is 0 Å². The summed E-state index contributed by atoms with van der Waals surface area (Å²) in [4.78, 5) is 11.5. The number of anilines is 1. The van der Waals surface area contributed by atoms with Crippen molar-refractivity contribution < 1.29 is 9.90 Å². The van der Waals surface area contributed by atoms with E-state index in [0.717, 1.165) is 0 Å². The summed E-state index contributed by atoms with van der Waals surface area (Å²) in [6.07, 6.45) is 0.426. The maximum absolute atomic E-state index is 11.5. The molecule has 1 rings (SSSR count). The molecule has 16 heavy (non-hydrogen) atoms. The van der Waals surface area contributed by atoms with E-state index in [1.807, 2.05) is 12.1 Å². The normalized spacial score (nSPS) is 10.1. The van der Waals surface area contributed by atoms with Gasteiger partial charge in [-0.25, -0.2) is 0 Å². The Kier molecular flexibility index (Phi) is 6.30. The zero-order chi connectivity index (χ0) is 11.8. The molecule has 3 nitrogen and oxygen atoms in total. The van der Waals surface area contributed by atoms with Gasteiger partial charge in [-0.05, 0) is 12.1 Å². The second-order valence-corrected chi connectivity index (χ2v) is 4.75. The van der Waals surface area contributed by atoms with Crippen LogP contribution in [-0.4, -0.2) is 29.1 Å². The minimum atomic E-state index is -0.0569. The molecule has 0 radical (unpaired) electrons. The van der Waals surface area contributed by atoms with Gasteiger partial charge in [-0.3, -0.25) is 4.79 Å². The molecule has 5 heteroatoms. The van der Waals surface area contributed by atoms with Crippen LogP contribution in [0.5, 0.6) is 0 Å². The molecule has 0 unspecified atom stereocenters. The highest BCUT2D eigenvalue weighted by Crippen LogP contribution is 2.20. The van der Waals surface area contributed by atoms with E-state index in [2.05, 4.69) is 5.32 Å². The number of benzene rings is 1. The van der Waals surface area contributed by atoms with Gasteiger partial charge in [-0.2, -0.15) is 11.8 Å². The van der Waals surface area contributed by atoms with E-state index in [4.69, 9.17) is 16.7 Å². The van der Waals surface area contributed by atoms with Crippen LogP contribution < -0.4 is 5.32 Å². The first-order chi connectivity index (χ1) is 7.74. The molecular weight excluding hydrogens is 246 g/mol.